The van der Waals surface area contributed by atoms with Crippen LogP contribution in [0.4, 0.5) is 0 Å². The van der Waals surface area contributed by atoms with Crippen LogP contribution in [0.3, 0.4) is 0 Å². The van der Waals surface area contributed by atoms with E-state index in [0.29, 0.717) is 10.7 Å². The molecule has 2 aromatic heterocycles. The number of benzene rings is 1. The van der Waals surface area contributed by atoms with E-state index < -0.39 is 9.84 Å². The molecule has 0 aliphatic rings. The van der Waals surface area contributed by atoms with Gasteiger partial charge in [-0.3, -0.25) is 0 Å². The summed E-state index contributed by atoms with van der Waals surface area (Å²) < 4.78 is 26.3. The Kier molecular flexibility index (Phi) is 3.91. The van der Waals surface area contributed by atoms with Crippen molar-refractivity contribution in [2.45, 2.75) is 10.8 Å². The van der Waals surface area contributed by atoms with Crippen LogP contribution in [0.1, 0.15) is 5.69 Å². The predicted octanol–water partition coefficient (Wildman–Crippen LogP) is 2.29. The number of hydrogen-bond acceptors (Lipinski definition) is 5. The first-order valence-electron chi connectivity index (χ1n) is 6.35. The zero-order valence-corrected chi connectivity index (χ0v) is 12.9. The molecule has 6 nitrogen and oxygen atoms in total. The molecule has 3 aromatic rings. The van der Waals surface area contributed by atoms with E-state index in [1.54, 1.807) is 0 Å². The predicted molar refractivity (Wildman–Crippen MR) is 81.5 cm³/mol. The third kappa shape index (κ3) is 3.00. The lowest BCUT2D eigenvalue weighted by atomic mass is 10.3. The summed E-state index contributed by atoms with van der Waals surface area (Å²) in [5.74, 6) is -0.247. The summed E-state index contributed by atoms with van der Waals surface area (Å²) in [4.78, 5) is 3.86. The molecule has 3 rings (SSSR count). The number of halogens is 1. The van der Waals surface area contributed by atoms with Crippen LogP contribution in [0, 0.1) is 0 Å². The van der Waals surface area contributed by atoms with Gasteiger partial charge in [-0.15, -0.1) is 5.10 Å². The third-order valence-corrected chi connectivity index (χ3v) is 4.76. The zero-order chi connectivity index (χ0) is 15.6. The van der Waals surface area contributed by atoms with Crippen LogP contribution in [0.15, 0.2) is 59.9 Å². The summed E-state index contributed by atoms with van der Waals surface area (Å²) in [5.41, 5.74) is 1.21. The maximum Gasteiger partial charge on any atom is 0.201 e. The Bertz CT molecular complexity index is 877. The second kappa shape index (κ2) is 5.86. The molecule has 1 aromatic carbocycles. The molecule has 0 saturated heterocycles. The minimum atomic E-state index is -3.60. The first kappa shape index (κ1) is 14.7. The van der Waals surface area contributed by atoms with Crippen molar-refractivity contribution in [2.75, 3.05) is 0 Å². The fraction of sp³-hybridized carbons (Fsp3) is 0.0714. The topological polar surface area (TPSA) is 77.7 Å². The van der Waals surface area contributed by atoms with Crippen molar-refractivity contribution in [1.82, 2.24) is 20.0 Å². The monoisotopic (exact) mass is 334 g/mol. The average molecular weight is 335 g/mol. The molecule has 0 aliphatic heterocycles. The van der Waals surface area contributed by atoms with Gasteiger partial charge >= 0.3 is 0 Å². The Balaban J connectivity index is 1.94. The van der Waals surface area contributed by atoms with Crippen LogP contribution in [0.25, 0.3) is 5.69 Å². The summed E-state index contributed by atoms with van der Waals surface area (Å²) in [7, 11) is -3.60. The Hall–Kier alpha value is -2.25. The third-order valence-electron chi connectivity index (χ3n) is 2.98. The zero-order valence-electron chi connectivity index (χ0n) is 11.3. The van der Waals surface area contributed by atoms with Crippen molar-refractivity contribution < 1.29 is 8.42 Å². The summed E-state index contributed by atoms with van der Waals surface area (Å²) in [6, 6.07) is 12.1. The van der Waals surface area contributed by atoms with Gasteiger partial charge in [-0.05, 0) is 24.3 Å². The molecule has 112 valence electrons. The van der Waals surface area contributed by atoms with Crippen LogP contribution < -0.4 is 0 Å². The highest BCUT2D eigenvalue weighted by Crippen LogP contribution is 2.17. The number of hydrogen-bond donors (Lipinski definition) is 0. The number of nitrogens with zero attached hydrogens (tertiary/aromatic N) is 4. The van der Waals surface area contributed by atoms with Crippen LogP contribution in [-0.4, -0.2) is 28.4 Å². The molecule has 0 amide bonds. The molecule has 0 aliphatic carbocycles. The molecule has 0 radical (unpaired) electrons. The Morgan fingerprint density at radius 1 is 1.05 bits per heavy atom. The van der Waals surface area contributed by atoms with Gasteiger partial charge in [0.25, 0.3) is 0 Å². The van der Waals surface area contributed by atoms with Crippen LogP contribution in [0.2, 0.25) is 5.02 Å². The highest BCUT2D eigenvalue weighted by atomic mass is 35.5. The van der Waals surface area contributed by atoms with Gasteiger partial charge in [-0.2, -0.15) is 0 Å². The first-order chi connectivity index (χ1) is 10.6. The largest absolute Gasteiger partial charge is 0.243 e. The number of pyridine rings is 1. The van der Waals surface area contributed by atoms with Crippen LogP contribution in [0.5, 0.6) is 0 Å². The molecule has 0 bridgehead atoms. The maximum absolute atomic E-state index is 12.4. The molecule has 22 heavy (non-hydrogen) atoms. The number of rotatable bonds is 4. The van der Waals surface area contributed by atoms with Crippen molar-refractivity contribution in [3.05, 3.63) is 65.6 Å². The lowest BCUT2D eigenvalue weighted by Gasteiger charge is -2.06. The van der Waals surface area contributed by atoms with Crippen molar-refractivity contribution in [1.29, 1.82) is 0 Å². The standard InChI is InChI=1S/C14H11ClN4O2S/c15-11-6-7-14(16-8-11)22(20,21)10-13-9-17-18-19(13)12-4-2-1-3-5-12/h1-9H,10H2. The van der Waals surface area contributed by atoms with Gasteiger partial charge in [-0.25, -0.2) is 18.1 Å². The summed E-state index contributed by atoms with van der Waals surface area (Å²) in [5, 5.41) is 8.09. The van der Waals surface area contributed by atoms with Gasteiger partial charge in [0.15, 0.2) is 5.03 Å². The van der Waals surface area contributed by atoms with E-state index >= 15 is 0 Å². The molecule has 0 spiro atoms. The SMILES string of the molecule is O=S(=O)(Cc1cnnn1-c1ccccc1)c1ccc(Cl)cn1. The van der Waals surface area contributed by atoms with Gasteiger partial charge in [0.1, 0.15) is 5.75 Å². The lowest BCUT2D eigenvalue weighted by molar-refractivity contribution is 0.589. The van der Waals surface area contributed by atoms with Crippen LogP contribution >= 0.6 is 11.6 Å². The fourth-order valence-corrected chi connectivity index (χ4v) is 3.29. The van der Waals surface area contributed by atoms with Crippen molar-refractivity contribution >= 4 is 21.4 Å². The summed E-state index contributed by atoms with van der Waals surface area (Å²) in [6.45, 7) is 0. The van der Waals surface area contributed by atoms with Gasteiger partial charge in [0.2, 0.25) is 9.84 Å². The van der Waals surface area contributed by atoms with E-state index in [-0.39, 0.29) is 10.8 Å². The van der Waals surface area contributed by atoms with Crippen molar-refractivity contribution in [3.63, 3.8) is 0 Å². The minimum Gasteiger partial charge on any atom is -0.243 e. The van der Waals surface area contributed by atoms with E-state index in [9.17, 15) is 8.42 Å². The number of para-hydroxylation sites is 1. The quantitative estimate of drug-likeness (QED) is 0.731. The first-order valence-corrected chi connectivity index (χ1v) is 8.38. The normalized spacial score (nSPS) is 11.5. The highest BCUT2D eigenvalue weighted by Gasteiger charge is 2.20. The van der Waals surface area contributed by atoms with E-state index in [4.69, 9.17) is 11.6 Å². The second-order valence-electron chi connectivity index (χ2n) is 4.55. The van der Waals surface area contributed by atoms with Crippen molar-refractivity contribution in [2.24, 2.45) is 0 Å². The smallest absolute Gasteiger partial charge is 0.201 e. The number of aromatic nitrogens is 4. The summed E-state index contributed by atoms with van der Waals surface area (Å²) in [6.07, 6.45) is 2.74. The molecule has 0 fully saturated rings. The van der Waals surface area contributed by atoms with Gasteiger partial charge in [0, 0.05) is 6.20 Å². The molecule has 0 atom stereocenters. The molecule has 8 heteroatoms. The molecule has 0 unspecified atom stereocenters. The van der Waals surface area contributed by atoms with Crippen molar-refractivity contribution in [3.8, 4) is 5.69 Å². The highest BCUT2D eigenvalue weighted by molar-refractivity contribution is 7.90. The Morgan fingerprint density at radius 2 is 1.82 bits per heavy atom. The molecule has 0 N–H and O–H groups in total. The van der Waals surface area contributed by atoms with Crippen LogP contribution in [-0.2, 0) is 15.6 Å². The average Bonchev–Trinajstić information content (AvgIpc) is 2.96. The van der Waals surface area contributed by atoms with E-state index in [0.717, 1.165) is 5.69 Å². The Morgan fingerprint density at radius 3 is 2.50 bits per heavy atom. The van der Waals surface area contributed by atoms with Gasteiger partial charge < -0.3 is 0 Å². The molecular weight excluding hydrogens is 324 g/mol. The molecular formula is C14H11ClN4O2S. The fourth-order valence-electron chi connectivity index (χ4n) is 1.96. The maximum atomic E-state index is 12.4. The molecule has 0 saturated carbocycles. The lowest BCUT2D eigenvalue weighted by Crippen LogP contribution is -2.11. The second-order valence-corrected chi connectivity index (χ2v) is 6.92. The number of sulfone groups is 1. The van der Waals surface area contributed by atoms with E-state index in [1.165, 1.54) is 29.2 Å². The Labute approximate surface area is 132 Å². The summed E-state index contributed by atoms with van der Waals surface area (Å²) >= 11 is 5.73. The van der Waals surface area contributed by atoms with Gasteiger partial charge in [0.05, 0.1) is 22.6 Å². The van der Waals surface area contributed by atoms with Gasteiger partial charge in [-0.1, -0.05) is 35.0 Å². The minimum absolute atomic E-state index is 0.0299. The van der Waals surface area contributed by atoms with E-state index in [2.05, 4.69) is 15.3 Å². The van der Waals surface area contributed by atoms with E-state index in [1.807, 2.05) is 30.3 Å². The molecule has 2 heterocycles.